The lowest BCUT2D eigenvalue weighted by atomic mass is 9.95. The van der Waals surface area contributed by atoms with E-state index in [0.29, 0.717) is 0 Å². The highest BCUT2D eigenvalue weighted by atomic mass is 79.9. The zero-order chi connectivity index (χ0) is 13.9. The molecule has 100 valence electrons. The summed E-state index contributed by atoms with van der Waals surface area (Å²) in [5, 5.41) is 2.26. The van der Waals surface area contributed by atoms with Gasteiger partial charge in [-0.05, 0) is 28.6 Å². The van der Waals surface area contributed by atoms with Gasteiger partial charge in [0.25, 0.3) is 0 Å². The largest absolute Gasteiger partial charge is 0.271 e. The minimum absolute atomic E-state index is 0.0847. The maximum absolute atomic E-state index is 5.81. The molecule has 3 N–H and O–H groups in total. The predicted molar refractivity (Wildman–Crippen MR) is 85.1 cm³/mol. The molecular weight excluding hydrogens is 314 g/mol. The molecule has 0 saturated heterocycles. The second-order valence-corrected chi connectivity index (χ2v) is 5.42. The summed E-state index contributed by atoms with van der Waals surface area (Å²) >= 11 is 3.59. The molecule has 0 radical (unpaired) electrons. The van der Waals surface area contributed by atoms with Gasteiger partial charge in [0.2, 0.25) is 0 Å². The maximum atomic E-state index is 5.81. The van der Waals surface area contributed by atoms with E-state index in [9.17, 15) is 0 Å². The van der Waals surface area contributed by atoms with Crippen LogP contribution >= 0.6 is 15.9 Å². The number of hydrogen-bond acceptors (Lipinski definition) is 3. The Morgan fingerprint density at radius 1 is 1.00 bits per heavy atom. The van der Waals surface area contributed by atoms with Crippen LogP contribution in [0.2, 0.25) is 0 Å². The number of hydrazine groups is 1. The fraction of sp³-hybridized carbons (Fsp3) is 0.0625. The fourth-order valence-electron chi connectivity index (χ4n) is 2.45. The molecule has 1 aromatic heterocycles. The van der Waals surface area contributed by atoms with E-state index in [2.05, 4.69) is 44.5 Å². The molecule has 0 saturated carbocycles. The summed E-state index contributed by atoms with van der Waals surface area (Å²) in [4.78, 5) is 4.23. The van der Waals surface area contributed by atoms with E-state index in [1.54, 1.807) is 6.20 Å². The van der Waals surface area contributed by atoms with Crippen LogP contribution in [0.3, 0.4) is 0 Å². The number of aromatic nitrogens is 1. The van der Waals surface area contributed by atoms with Crippen LogP contribution in [-0.4, -0.2) is 4.98 Å². The predicted octanol–water partition coefficient (Wildman–Crippen LogP) is 3.55. The van der Waals surface area contributed by atoms with Gasteiger partial charge >= 0.3 is 0 Å². The zero-order valence-corrected chi connectivity index (χ0v) is 12.3. The molecule has 0 fully saturated rings. The van der Waals surface area contributed by atoms with Gasteiger partial charge < -0.3 is 0 Å². The molecule has 1 heterocycles. The third kappa shape index (κ3) is 2.33. The zero-order valence-electron chi connectivity index (χ0n) is 10.8. The Kier molecular flexibility index (Phi) is 3.78. The summed E-state index contributed by atoms with van der Waals surface area (Å²) in [5.41, 5.74) is 5.13. The smallest absolute Gasteiger partial charge is 0.0727 e. The Hall–Kier alpha value is -1.75. The molecule has 0 amide bonds. The first-order valence-corrected chi connectivity index (χ1v) is 7.14. The number of hydrogen-bond donors (Lipinski definition) is 2. The van der Waals surface area contributed by atoms with Crippen LogP contribution in [0.15, 0.2) is 65.4 Å². The molecule has 0 aliphatic heterocycles. The number of fused-ring (bicyclic) bond motifs is 1. The molecule has 2 aromatic carbocycles. The van der Waals surface area contributed by atoms with Gasteiger partial charge in [-0.3, -0.25) is 10.8 Å². The Morgan fingerprint density at radius 2 is 1.80 bits per heavy atom. The van der Waals surface area contributed by atoms with Gasteiger partial charge in [0.1, 0.15) is 0 Å². The van der Waals surface area contributed by atoms with Crippen LogP contribution in [0.1, 0.15) is 17.2 Å². The summed E-state index contributed by atoms with van der Waals surface area (Å²) in [6.07, 6.45) is 3.68. The first-order chi connectivity index (χ1) is 9.81. The quantitative estimate of drug-likeness (QED) is 0.571. The van der Waals surface area contributed by atoms with Crippen LogP contribution < -0.4 is 11.3 Å². The second-order valence-electron chi connectivity index (χ2n) is 4.57. The fourth-order valence-corrected chi connectivity index (χ4v) is 2.96. The van der Waals surface area contributed by atoms with E-state index in [0.717, 1.165) is 26.4 Å². The molecule has 20 heavy (non-hydrogen) atoms. The lowest BCUT2D eigenvalue weighted by Crippen LogP contribution is -2.29. The molecule has 1 atom stereocenters. The Bertz CT molecular complexity index is 737. The topological polar surface area (TPSA) is 50.9 Å². The summed E-state index contributed by atoms with van der Waals surface area (Å²) in [6.45, 7) is 0. The number of benzene rings is 2. The molecule has 0 spiro atoms. The number of nitrogens with two attached hydrogens (primary N) is 1. The van der Waals surface area contributed by atoms with Crippen LogP contribution in [0, 0.1) is 0 Å². The molecule has 1 unspecified atom stereocenters. The van der Waals surface area contributed by atoms with Crippen LogP contribution in [0.5, 0.6) is 0 Å². The highest BCUT2D eigenvalue weighted by molar-refractivity contribution is 9.10. The summed E-state index contributed by atoms with van der Waals surface area (Å²) in [7, 11) is 0. The second kappa shape index (κ2) is 5.71. The minimum atomic E-state index is -0.0847. The average Bonchev–Trinajstić information content (AvgIpc) is 2.50. The van der Waals surface area contributed by atoms with Gasteiger partial charge in [0.05, 0.1) is 6.04 Å². The standard InChI is InChI=1S/C16H14BrN3/c17-15-7-2-1-5-13(15)16(20-18)12-6-3-4-11-8-9-19-10-14(11)12/h1-10,16,20H,18H2. The third-order valence-corrected chi connectivity index (χ3v) is 4.13. The average molecular weight is 328 g/mol. The molecule has 4 heteroatoms. The Morgan fingerprint density at radius 3 is 2.60 bits per heavy atom. The molecule has 0 bridgehead atoms. The van der Waals surface area contributed by atoms with Crippen molar-refractivity contribution in [1.82, 2.24) is 10.4 Å². The van der Waals surface area contributed by atoms with E-state index >= 15 is 0 Å². The van der Waals surface area contributed by atoms with E-state index in [4.69, 9.17) is 5.84 Å². The van der Waals surface area contributed by atoms with Crippen molar-refractivity contribution in [3.8, 4) is 0 Å². The van der Waals surface area contributed by atoms with Crippen molar-refractivity contribution in [3.63, 3.8) is 0 Å². The van der Waals surface area contributed by atoms with Crippen molar-refractivity contribution in [2.75, 3.05) is 0 Å². The van der Waals surface area contributed by atoms with E-state index in [1.807, 2.05) is 36.5 Å². The van der Waals surface area contributed by atoms with Crippen LogP contribution in [0.4, 0.5) is 0 Å². The molecule has 0 aliphatic carbocycles. The first kappa shape index (κ1) is 13.2. The van der Waals surface area contributed by atoms with Gasteiger partial charge in [-0.25, -0.2) is 5.43 Å². The van der Waals surface area contributed by atoms with Gasteiger partial charge in [-0.2, -0.15) is 0 Å². The van der Waals surface area contributed by atoms with Crippen molar-refractivity contribution in [1.29, 1.82) is 0 Å². The lowest BCUT2D eigenvalue weighted by Gasteiger charge is -2.20. The molecule has 0 aliphatic rings. The van der Waals surface area contributed by atoms with Crippen molar-refractivity contribution in [3.05, 3.63) is 76.5 Å². The van der Waals surface area contributed by atoms with Gasteiger partial charge in [-0.1, -0.05) is 52.3 Å². The molecule has 3 aromatic rings. The SMILES string of the molecule is NNC(c1ccccc1Br)c1cccc2ccncc12. The molecule has 3 rings (SSSR count). The minimum Gasteiger partial charge on any atom is -0.271 e. The van der Waals surface area contributed by atoms with Crippen molar-refractivity contribution in [2.45, 2.75) is 6.04 Å². The number of rotatable bonds is 3. The van der Waals surface area contributed by atoms with Crippen molar-refractivity contribution >= 4 is 26.7 Å². The van der Waals surface area contributed by atoms with Crippen LogP contribution in [0.25, 0.3) is 10.8 Å². The molecule has 3 nitrogen and oxygen atoms in total. The first-order valence-electron chi connectivity index (χ1n) is 6.34. The highest BCUT2D eigenvalue weighted by Gasteiger charge is 2.17. The van der Waals surface area contributed by atoms with Gasteiger partial charge in [0.15, 0.2) is 0 Å². The third-order valence-electron chi connectivity index (χ3n) is 3.41. The Labute approximate surface area is 125 Å². The summed E-state index contributed by atoms with van der Waals surface area (Å²) in [5.74, 6) is 5.81. The van der Waals surface area contributed by atoms with Crippen LogP contribution in [-0.2, 0) is 0 Å². The van der Waals surface area contributed by atoms with E-state index in [1.165, 1.54) is 0 Å². The summed E-state index contributed by atoms with van der Waals surface area (Å²) in [6, 6.07) is 16.2. The van der Waals surface area contributed by atoms with Gasteiger partial charge in [-0.15, -0.1) is 0 Å². The molecular formula is C16H14BrN3. The highest BCUT2D eigenvalue weighted by Crippen LogP contribution is 2.31. The maximum Gasteiger partial charge on any atom is 0.0727 e. The lowest BCUT2D eigenvalue weighted by molar-refractivity contribution is 0.638. The van der Waals surface area contributed by atoms with Crippen molar-refractivity contribution in [2.24, 2.45) is 5.84 Å². The number of pyridine rings is 1. The van der Waals surface area contributed by atoms with Crippen molar-refractivity contribution < 1.29 is 0 Å². The normalized spacial score (nSPS) is 12.5. The summed E-state index contributed by atoms with van der Waals surface area (Å²) < 4.78 is 1.03. The van der Waals surface area contributed by atoms with Gasteiger partial charge in [0, 0.05) is 22.3 Å². The number of halogens is 1. The Balaban J connectivity index is 2.20. The monoisotopic (exact) mass is 327 g/mol. The van der Waals surface area contributed by atoms with E-state index < -0.39 is 0 Å². The van der Waals surface area contributed by atoms with E-state index in [-0.39, 0.29) is 6.04 Å². The number of nitrogens with zero attached hydrogens (tertiary/aromatic N) is 1. The number of nitrogens with one attached hydrogen (secondary N) is 1.